The molecule has 108 valence electrons. The molecule has 1 rings (SSSR count). The summed E-state index contributed by atoms with van der Waals surface area (Å²) in [5.41, 5.74) is 0. The molecule has 0 heterocycles. The molecular weight excluding hydrogens is 373 g/mol. The Balaban J connectivity index is 2.78. The minimum Gasteiger partial charge on any atom is -0.211 e. The van der Waals surface area contributed by atoms with E-state index in [-0.39, 0.29) is 0 Å². The van der Waals surface area contributed by atoms with Gasteiger partial charge < -0.3 is 0 Å². The number of hydrogen-bond donors (Lipinski definition) is 1. The minimum atomic E-state index is -3.39. The Morgan fingerprint density at radius 1 is 1.05 bits per heavy atom. The van der Waals surface area contributed by atoms with Gasteiger partial charge in [0.15, 0.2) is 0 Å². The Labute approximate surface area is 130 Å². The van der Waals surface area contributed by atoms with Crippen LogP contribution in [0.1, 0.15) is 27.7 Å². The molecule has 0 bridgehead atoms. The van der Waals surface area contributed by atoms with Crippen molar-refractivity contribution in [3.63, 3.8) is 0 Å². The maximum Gasteiger partial charge on any atom is 0.240 e. The van der Waals surface area contributed by atoms with Crippen LogP contribution in [0.3, 0.4) is 0 Å². The number of halogens is 1. The van der Waals surface area contributed by atoms with Gasteiger partial charge >= 0.3 is 0 Å². The van der Waals surface area contributed by atoms with E-state index in [1.165, 1.54) is 0 Å². The standard InChI is InChI=1S/C14H22INO2S/c1-10(2)14(11(3)4)9-16-19(17,18)13-7-5-12(15)6-8-13/h5-8,10-11,14,16H,9H2,1-4H3. The van der Waals surface area contributed by atoms with Crippen LogP contribution in [0, 0.1) is 21.3 Å². The molecule has 1 aromatic rings. The van der Waals surface area contributed by atoms with Gasteiger partial charge in [-0.25, -0.2) is 13.1 Å². The molecule has 0 saturated carbocycles. The summed E-state index contributed by atoms with van der Waals surface area (Å²) in [6, 6.07) is 6.89. The Morgan fingerprint density at radius 2 is 1.53 bits per heavy atom. The highest BCUT2D eigenvalue weighted by Crippen LogP contribution is 2.20. The summed E-state index contributed by atoms with van der Waals surface area (Å²) in [4.78, 5) is 0.333. The molecule has 0 amide bonds. The zero-order valence-electron chi connectivity index (χ0n) is 11.9. The van der Waals surface area contributed by atoms with Gasteiger partial charge in [0.1, 0.15) is 0 Å². The average molecular weight is 395 g/mol. The maximum absolute atomic E-state index is 12.2. The molecule has 0 spiro atoms. The lowest BCUT2D eigenvalue weighted by Crippen LogP contribution is -2.33. The van der Waals surface area contributed by atoms with E-state index in [1.54, 1.807) is 24.3 Å². The van der Waals surface area contributed by atoms with Gasteiger partial charge in [-0.3, -0.25) is 0 Å². The molecule has 0 aliphatic heterocycles. The quantitative estimate of drug-likeness (QED) is 0.750. The Hall–Kier alpha value is -0.140. The van der Waals surface area contributed by atoms with Crippen molar-refractivity contribution in [2.75, 3.05) is 6.54 Å². The first-order valence-corrected chi connectivity index (χ1v) is 9.05. The molecule has 1 N–H and O–H groups in total. The summed E-state index contributed by atoms with van der Waals surface area (Å²) in [6.07, 6.45) is 0. The van der Waals surface area contributed by atoms with Gasteiger partial charge in [-0.2, -0.15) is 0 Å². The van der Waals surface area contributed by atoms with Gasteiger partial charge in [-0.15, -0.1) is 0 Å². The third kappa shape index (κ3) is 5.04. The van der Waals surface area contributed by atoms with Crippen LogP contribution < -0.4 is 4.72 Å². The van der Waals surface area contributed by atoms with E-state index in [4.69, 9.17) is 0 Å². The fraction of sp³-hybridized carbons (Fsp3) is 0.571. The van der Waals surface area contributed by atoms with Crippen LogP contribution in [0.4, 0.5) is 0 Å². The molecule has 0 aromatic heterocycles. The van der Waals surface area contributed by atoms with E-state index in [2.05, 4.69) is 55.0 Å². The van der Waals surface area contributed by atoms with Crippen molar-refractivity contribution in [1.29, 1.82) is 0 Å². The predicted molar refractivity (Wildman–Crippen MR) is 87.5 cm³/mol. The largest absolute Gasteiger partial charge is 0.240 e. The van der Waals surface area contributed by atoms with Crippen LogP contribution in [-0.4, -0.2) is 15.0 Å². The molecule has 0 fully saturated rings. The molecule has 0 radical (unpaired) electrons. The highest BCUT2D eigenvalue weighted by molar-refractivity contribution is 14.1. The molecule has 3 nitrogen and oxygen atoms in total. The van der Waals surface area contributed by atoms with Gasteiger partial charge in [0.05, 0.1) is 4.90 Å². The number of benzene rings is 1. The normalized spacial score (nSPS) is 12.6. The average Bonchev–Trinajstić information content (AvgIpc) is 2.28. The van der Waals surface area contributed by atoms with E-state index in [9.17, 15) is 8.42 Å². The highest BCUT2D eigenvalue weighted by atomic mass is 127. The van der Waals surface area contributed by atoms with E-state index in [1.807, 2.05) is 0 Å². The van der Waals surface area contributed by atoms with Gasteiger partial charge in [-0.1, -0.05) is 27.7 Å². The van der Waals surface area contributed by atoms with Crippen LogP contribution in [0.25, 0.3) is 0 Å². The zero-order chi connectivity index (χ0) is 14.6. The first-order chi connectivity index (χ1) is 8.74. The molecule has 0 aliphatic rings. The second-order valence-corrected chi connectivity index (χ2v) is 8.47. The second-order valence-electron chi connectivity index (χ2n) is 5.46. The molecule has 19 heavy (non-hydrogen) atoms. The highest BCUT2D eigenvalue weighted by Gasteiger charge is 2.21. The Bertz CT molecular complexity index is 487. The summed E-state index contributed by atoms with van der Waals surface area (Å²) in [5, 5.41) is 0. The fourth-order valence-electron chi connectivity index (χ4n) is 2.14. The molecule has 0 saturated heterocycles. The van der Waals surface area contributed by atoms with Gasteiger partial charge in [0, 0.05) is 10.1 Å². The number of hydrogen-bond acceptors (Lipinski definition) is 2. The summed E-state index contributed by atoms with van der Waals surface area (Å²) in [7, 11) is -3.39. The van der Waals surface area contributed by atoms with Crippen molar-refractivity contribution < 1.29 is 8.42 Å². The Kier molecular flexibility index (Phi) is 6.26. The van der Waals surface area contributed by atoms with Crippen molar-refractivity contribution in [1.82, 2.24) is 4.72 Å². The topological polar surface area (TPSA) is 46.2 Å². The van der Waals surface area contributed by atoms with Crippen molar-refractivity contribution in [2.24, 2.45) is 17.8 Å². The lowest BCUT2D eigenvalue weighted by Gasteiger charge is -2.25. The first-order valence-electron chi connectivity index (χ1n) is 6.49. The van der Waals surface area contributed by atoms with Crippen molar-refractivity contribution in [3.05, 3.63) is 27.8 Å². The van der Waals surface area contributed by atoms with Crippen LogP contribution in [0.5, 0.6) is 0 Å². The lowest BCUT2D eigenvalue weighted by molar-refractivity contribution is 0.289. The molecule has 0 atom stereocenters. The summed E-state index contributed by atoms with van der Waals surface area (Å²) >= 11 is 2.16. The first kappa shape index (κ1) is 16.9. The third-order valence-electron chi connectivity index (χ3n) is 3.35. The van der Waals surface area contributed by atoms with Crippen molar-refractivity contribution in [3.8, 4) is 0 Å². The number of sulfonamides is 1. The third-order valence-corrected chi connectivity index (χ3v) is 5.50. The maximum atomic E-state index is 12.2. The van der Waals surface area contributed by atoms with Crippen molar-refractivity contribution >= 4 is 32.6 Å². The second kappa shape index (κ2) is 7.04. The van der Waals surface area contributed by atoms with Gasteiger partial charge in [-0.05, 0) is 64.6 Å². The molecule has 1 aromatic carbocycles. The number of nitrogens with one attached hydrogen (secondary N) is 1. The molecular formula is C14H22INO2S. The van der Waals surface area contributed by atoms with Crippen LogP contribution >= 0.6 is 22.6 Å². The summed E-state index contributed by atoms with van der Waals surface area (Å²) in [6.45, 7) is 9.00. The summed E-state index contributed by atoms with van der Waals surface area (Å²) < 4.78 is 28.1. The van der Waals surface area contributed by atoms with E-state index in [0.29, 0.717) is 29.2 Å². The van der Waals surface area contributed by atoms with Crippen LogP contribution in [0.15, 0.2) is 29.2 Å². The number of rotatable bonds is 6. The summed E-state index contributed by atoms with van der Waals surface area (Å²) in [5.74, 6) is 1.26. The van der Waals surface area contributed by atoms with Crippen LogP contribution in [-0.2, 0) is 10.0 Å². The fourth-order valence-corrected chi connectivity index (χ4v) is 3.58. The van der Waals surface area contributed by atoms with E-state index >= 15 is 0 Å². The zero-order valence-corrected chi connectivity index (χ0v) is 14.8. The van der Waals surface area contributed by atoms with Gasteiger partial charge in [0.2, 0.25) is 10.0 Å². The minimum absolute atomic E-state index is 0.333. The van der Waals surface area contributed by atoms with E-state index in [0.717, 1.165) is 3.57 Å². The van der Waals surface area contributed by atoms with E-state index < -0.39 is 10.0 Å². The smallest absolute Gasteiger partial charge is 0.211 e. The molecule has 0 aliphatic carbocycles. The predicted octanol–water partition coefficient (Wildman–Crippen LogP) is 3.50. The van der Waals surface area contributed by atoms with Gasteiger partial charge in [0.25, 0.3) is 0 Å². The SMILES string of the molecule is CC(C)C(CNS(=O)(=O)c1ccc(I)cc1)C(C)C. The van der Waals surface area contributed by atoms with Crippen LogP contribution in [0.2, 0.25) is 0 Å². The molecule has 0 unspecified atom stereocenters. The molecule has 5 heteroatoms. The monoisotopic (exact) mass is 395 g/mol. The lowest BCUT2D eigenvalue weighted by atomic mass is 9.86. The van der Waals surface area contributed by atoms with Crippen molar-refractivity contribution in [2.45, 2.75) is 32.6 Å². The Morgan fingerprint density at radius 3 is 1.95 bits per heavy atom.